The highest BCUT2D eigenvalue weighted by Crippen LogP contribution is 2.15. The van der Waals surface area contributed by atoms with Crippen LogP contribution < -0.4 is 5.32 Å². The second-order valence-corrected chi connectivity index (χ2v) is 4.97. The van der Waals surface area contributed by atoms with Crippen molar-refractivity contribution in [1.82, 2.24) is 20.3 Å². The molecule has 0 aliphatic rings. The van der Waals surface area contributed by atoms with E-state index in [1.807, 2.05) is 13.0 Å². The number of aromatic amines is 1. The quantitative estimate of drug-likeness (QED) is 0.889. The van der Waals surface area contributed by atoms with Gasteiger partial charge in [-0.2, -0.15) is 0 Å². The van der Waals surface area contributed by atoms with Crippen LogP contribution >= 0.6 is 15.9 Å². The van der Waals surface area contributed by atoms with Crippen molar-refractivity contribution in [1.29, 1.82) is 0 Å². The molecule has 0 aliphatic carbocycles. The minimum atomic E-state index is 0.0615. The number of halogens is 1. The summed E-state index contributed by atoms with van der Waals surface area (Å²) in [5.74, 6) is 0.855. The van der Waals surface area contributed by atoms with Crippen LogP contribution in [0.5, 0.6) is 0 Å². The lowest BCUT2D eigenvalue weighted by atomic mass is 10.3. The molecule has 1 amide bonds. The van der Waals surface area contributed by atoms with Gasteiger partial charge in [0.1, 0.15) is 5.82 Å². The Bertz CT molecular complexity index is 552. The number of H-pyrrole nitrogens is 1. The molecule has 2 rings (SSSR count). The second kappa shape index (κ2) is 5.95. The first-order valence-electron chi connectivity index (χ1n) is 5.96. The first kappa shape index (κ1) is 13.0. The van der Waals surface area contributed by atoms with E-state index in [0.29, 0.717) is 18.5 Å². The Labute approximate surface area is 114 Å². The Morgan fingerprint density at radius 3 is 3.17 bits per heavy atom. The summed E-state index contributed by atoms with van der Waals surface area (Å²) in [5, 5.41) is 2.84. The van der Waals surface area contributed by atoms with Crippen LogP contribution in [0.1, 0.15) is 25.6 Å². The number of nitrogens with zero attached hydrogens (tertiary/aromatic N) is 2. The number of carbonyl (C=O) groups is 1. The lowest BCUT2D eigenvalue weighted by Gasteiger charge is -2.01. The highest BCUT2D eigenvalue weighted by atomic mass is 79.9. The van der Waals surface area contributed by atoms with Gasteiger partial charge in [-0.15, -0.1) is 0 Å². The van der Waals surface area contributed by atoms with Crippen LogP contribution in [0, 0.1) is 0 Å². The third kappa shape index (κ3) is 3.29. The molecule has 18 heavy (non-hydrogen) atoms. The Hall–Kier alpha value is -1.43. The molecule has 0 saturated carbocycles. The molecule has 0 bridgehead atoms. The maximum atomic E-state index is 11.5. The third-order valence-corrected chi connectivity index (χ3v) is 2.95. The van der Waals surface area contributed by atoms with Crippen LogP contribution in [0.3, 0.4) is 0 Å². The highest BCUT2D eigenvalue weighted by Gasteiger charge is 2.07. The Morgan fingerprint density at radius 2 is 2.39 bits per heavy atom. The molecule has 0 fully saturated rings. The van der Waals surface area contributed by atoms with Gasteiger partial charge in [0.05, 0.1) is 5.52 Å². The van der Waals surface area contributed by atoms with E-state index in [9.17, 15) is 4.79 Å². The average molecular weight is 311 g/mol. The fourth-order valence-electron chi connectivity index (χ4n) is 1.63. The monoisotopic (exact) mass is 310 g/mol. The van der Waals surface area contributed by atoms with Gasteiger partial charge in [-0.25, -0.2) is 9.97 Å². The van der Waals surface area contributed by atoms with E-state index >= 15 is 0 Å². The zero-order valence-corrected chi connectivity index (χ0v) is 11.7. The summed E-state index contributed by atoms with van der Waals surface area (Å²) in [6.45, 7) is 2.76. The van der Waals surface area contributed by atoms with Gasteiger partial charge >= 0.3 is 0 Å². The molecule has 0 saturated heterocycles. The largest absolute Gasteiger partial charge is 0.356 e. The molecule has 5 nitrogen and oxygen atoms in total. The van der Waals surface area contributed by atoms with E-state index < -0.39 is 0 Å². The smallest absolute Gasteiger partial charge is 0.220 e. The summed E-state index contributed by atoms with van der Waals surface area (Å²) in [6.07, 6.45) is 3.71. The van der Waals surface area contributed by atoms with Crippen molar-refractivity contribution < 1.29 is 4.79 Å². The lowest BCUT2D eigenvalue weighted by Crippen LogP contribution is -2.24. The van der Waals surface area contributed by atoms with Crippen LogP contribution in [0.15, 0.2) is 16.7 Å². The number of carbonyl (C=O) groups excluding carboxylic acids is 1. The van der Waals surface area contributed by atoms with E-state index in [1.54, 1.807) is 6.20 Å². The molecular formula is C12H15BrN4O. The number of pyridine rings is 1. The zero-order chi connectivity index (χ0) is 13.0. The van der Waals surface area contributed by atoms with Gasteiger partial charge in [0.15, 0.2) is 5.65 Å². The second-order valence-electron chi connectivity index (χ2n) is 4.06. The van der Waals surface area contributed by atoms with Gasteiger partial charge in [0.2, 0.25) is 5.91 Å². The molecule has 2 heterocycles. The summed E-state index contributed by atoms with van der Waals surface area (Å²) in [6, 6.07) is 1.93. The lowest BCUT2D eigenvalue weighted by molar-refractivity contribution is -0.121. The Kier molecular flexibility index (Phi) is 4.30. The molecule has 2 aromatic rings. The third-order valence-electron chi connectivity index (χ3n) is 2.51. The predicted octanol–water partition coefficient (Wildman–Crippen LogP) is 2.18. The zero-order valence-electron chi connectivity index (χ0n) is 10.2. The van der Waals surface area contributed by atoms with E-state index in [-0.39, 0.29) is 5.91 Å². The molecule has 0 radical (unpaired) electrons. The van der Waals surface area contributed by atoms with Crippen molar-refractivity contribution in [3.05, 3.63) is 22.6 Å². The van der Waals surface area contributed by atoms with Crippen LogP contribution in [-0.4, -0.2) is 27.4 Å². The molecule has 0 unspecified atom stereocenters. The number of hydrogen-bond donors (Lipinski definition) is 2. The summed E-state index contributed by atoms with van der Waals surface area (Å²) in [4.78, 5) is 23.2. The van der Waals surface area contributed by atoms with Gasteiger partial charge in [0.25, 0.3) is 0 Å². The maximum Gasteiger partial charge on any atom is 0.220 e. The van der Waals surface area contributed by atoms with E-state index in [2.05, 4.69) is 36.2 Å². The number of aromatic nitrogens is 3. The van der Waals surface area contributed by atoms with Crippen LogP contribution in [0.25, 0.3) is 11.2 Å². The van der Waals surface area contributed by atoms with Gasteiger partial charge in [-0.1, -0.05) is 6.92 Å². The van der Waals surface area contributed by atoms with Crippen LogP contribution in [0.4, 0.5) is 0 Å². The van der Waals surface area contributed by atoms with Gasteiger partial charge in [-0.3, -0.25) is 4.79 Å². The number of fused-ring (bicyclic) bond motifs is 1. The topological polar surface area (TPSA) is 70.7 Å². The van der Waals surface area contributed by atoms with E-state index in [0.717, 1.165) is 28.8 Å². The SMILES string of the molecule is CCCNC(=O)CCc1nc2ncc(Br)cc2[nH]1. The first-order valence-corrected chi connectivity index (χ1v) is 6.75. The van der Waals surface area contributed by atoms with Crippen molar-refractivity contribution in [3.63, 3.8) is 0 Å². The summed E-state index contributed by atoms with van der Waals surface area (Å²) in [5.41, 5.74) is 1.57. The minimum Gasteiger partial charge on any atom is -0.356 e. The molecule has 96 valence electrons. The number of aryl methyl sites for hydroxylation is 1. The predicted molar refractivity (Wildman–Crippen MR) is 73.2 cm³/mol. The first-order chi connectivity index (χ1) is 8.69. The maximum absolute atomic E-state index is 11.5. The molecule has 0 spiro atoms. The van der Waals surface area contributed by atoms with Gasteiger partial charge < -0.3 is 10.3 Å². The van der Waals surface area contributed by atoms with Crippen LogP contribution in [-0.2, 0) is 11.2 Å². The number of nitrogens with one attached hydrogen (secondary N) is 2. The van der Waals surface area contributed by atoms with Crippen molar-refractivity contribution in [2.45, 2.75) is 26.2 Å². The van der Waals surface area contributed by atoms with Crippen LogP contribution in [0.2, 0.25) is 0 Å². The number of amides is 1. The molecular weight excluding hydrogens is 296 g/mol. The summed E-state index contributed by atoms with van der Waals surface area (Å²) in [7, 11) is 0. The Morgan fingerprint density at radius 1 is 1.56 bits per heavy atom. The van der Waals surface area contributed by atoms with Crippen molar-refractivity contribution in [3.8, 4) is 0 Å². The van der Waals surface area contributed by atoms with E-state index in [4.69, 9.17) is 0 Å². The minimum absolute atomic E-state index is 0.0615. The van der Waals surface area contributed by atoms with Gasteiger partial charge in [-0.05, 0) is 28.4 Å². The summed E-state index contributed by atoms with van der Waals surface area (Å²) < 4.78 is 0.908. The fourth-order valence-corrected chi connectivity index (χ4v) is 1.96. The highest BCUT2D eigenvalue weighted by molar-refractivity contribution is 9.10. The molecule has 2 aromatic heterocycles. The van der Waals surface area contributed by atoms with Gasteiger partial charge in [0, 0.05) is 30.1 Å². The molecule has 6 heteroatoms. The van der Waals surface area contributed by atoms with Crippen molar-refractivity contribution >= 4 is 33.0 Å². The number of hydrogen-bond acceptors (Lipinski definition) is 3. The summed E-state index contributed by atoms with van der Waals surface area (Å²) >= 11 is 3.36. The molecule has 0 aromatic carbocycles. The molecule has 0 aliphatic heterocycles. The standard InChI is InChI=1S/C12H15BrN4O/c1-2-5-14-11(18)4-3-10-16-9-6-8(13)7-15-12(9)17-10/h6-7H,2-5H2,1H3,(H,14,18)(H,15,16,17). The number of rotatable bonds is 5. The van der Waals surface area contributed by atoms with Crippen molar-refractivity contribution in [2.24, 2.45) is 0 Å². The van der Waals surface area contributed by atoms with E-state index in [1.165, 1.54) is 0 Å². The average Bonchev–Trinajstić information content (AvgIpc) is 2.75. The molecule has 0 atom stereocenters. The molecule has 2 N–H and O–H groups in total. The normalized spacial score (nSPS) is 10.8. The van der Waals surface area contributed by atoms with Crippen molar-refractivity contribution in [2.75, 3.05) is 6.54 Å². The Balaban J connectivity index is 1.97. The number of imidazole rings is 1. The fraction of sp³-hybridized carbons (Fsp3) is 0.417.